The minimum atomic E-state index is -0.340. The van der Waals surface area contributed by atoms with Gasteiger partial charge in [-0.1, -0.05) is 22.0 Å². The summed E-state index contributed by atoms with van der Waals surface area (Å²) in [6.07, 6.45) is 4.90. The van der Waals surface area contributed by atoms with E-state index in [1.807, 2.05) is 36.1 Å². The molecule has 7 heteroatoms. The van der Waals surface area contributed by atoms with E-state index in [4.69, 9.17) is 0 Å². The van der Waals surface area contributed by atoms with E-state index < -0.39 is 0 Å². The number of nitrogens with zero attached hydrogens (tertiary/aromatic N) is 4. The zero-order chi connectivity index (χ0) is 17.4. The van der Waals surface area contributed by atoms with Crippen LogP contribution >= 0.6 is 15.9 Å². The van der Waals surface area contributed by atoms with Gasteiger partial charge in [-0.05, 0) is 43.3 Å². The van der Waals surface area contributed by atoms with Gasteiger partial charge in [-0.2, -0.15) is 5.10 Å². The van der Waals surface area contributed by atoms with Crippen LogP contribution in [0.3, 0.4) is 0 Å². The van der Waals surface area contributed by atoms with E-state index in [1.165, 1.54) is 6.33 Å². The number of aromatic nitrogens is 4. The monoisotopic (exact) mass is 399 g/mol. The highest BCUT2D eigenvalue weighted by Gasteiger charge is 2.34. The first-order valence-electron chi connectivity index (χ1n) is 8.31. The molecule has 0 amide bonds. The van der Waals surface area contributed by atoms with E-state index >= 15 is 0 Å². The lowest BCUT2D eigenvalue weighted by Gasteiger charge is -2.10. The van der Waals surface area contributed by atoms with Gasteiger partial charge in [0.2, 0.25) is 0 Å². The normalized spacial score (nSPS) is 16.6. The average Bonchev–Trinajstić information content (AvgIpc) is 3.14. The summed E-state index contributed by atoms with van der Waals surface area (Å²) in [6.45, 7) is 1.73. The minimum Gasteiger partial charge on any atom is -0.320 e. The van der Waals surface area contributed by atoms with Crippen LogP contribution in [0.2, 0.25) is 0 Å². The highest BCUT2D eigenvalue weighted by atomic mass is 79.9. The lowest BCUT2D eigenvalue weighted by Crippen LogP contribution is -2.11. The first-order chi connectivity index (χ1) is 12.2. The standard InChI is InChI=1S/C18H18BrN5O/c1-20-5-2-6-24-9-14-17(21-10-22-18(14)23-24)16-13-8-12(19)4-3-11(13)7-15(16)25/h3-4,8-10,16,20H,2,5-7H2,1H3. The van der Waals surface area contributed by atoms with Crippen molar-refractivity contribution in [3.8, 4) is 0 Å². The molecule has 0 saturated heterocycles. The molecule has 0 radical (unpaired) electrons. The summed E-state index contributed by atoms with van der Waals surface area (Å²) in [6, 6.07) is 6.01. The van der Waals surface area contributed by atoms with Crippen molar-refractivity contribution in [1.82, 2.24) is 25.1 Å². The van der Waals surface area contributed by atoms with Gasteiger partial charge in [0.05, 0.1) is 17.0 Å². The molecular weight excluding hydrogens is 382 g/mol. The fraction of sp³-hybridized carbons (Fsp3) is 0.333. The fourth-order valence-electron chi connectivity index (χ4n) is 3.42. The summed E-state index contributed by atoms with van der Waals surface area (Å²) in [4.78, 5) is 21.4. The largest absolute Gasteiger partial charge is 0.320 e. The van der Waals surface area contributed by atoms with Crippen molar-refractivity contribution in [2.24, 2.45) is 0 Å². The molecule has 2 aromatic heterocycles. The van der Waals surface area contributed by atoms with Crippen LogP contribution in [0.25, 0.3) is 11.0 Å². The molecule has 128 valence electrons. The number of rotatable bonds is 5. The van der Waals surface area contributed by atoms with E-state index in [-0.39, 0.29) is 11.7 Å². The fourth-order valence-corrected chi connectivity index (χ4v) is 3.80. The third-order valence-corrected chi connectivity index (χ3v) is 5.08. The van der Waals surface area contributed by atoms with Gasteiger partial charge in [0.15, 0.2) is 11.4 Å². The van der Waals surface area contributed by atoms with Crippen molar-refractivity contribution in [2.45, 2.75) is 25.3 Å². The Bertz CT molecular complexity index is 952. The number of hydrogen-bond donors (Lipinski definition) is 1. The Morgan fingerprint density at radius 2 is 2.24 bits per heavy atom. The van der Waals surface area contributed by atoms with Gasteiger partial charge < -0.3 is 5.32 Å². The van der Waals surface area contributed by atoms with Crippen LogP contribution < -0.4 is 5.32 Å². The molecule has 1 unspecified atom stereocenters. The number of nitrogens with one attached hydrogen (secondary N) is 1. The third-order valence-electron chi connectivity index (χ3n) is 4.59. The van der Waals surface area contributed by atoms with Crippen LogP contribution in [-0.2, 0) is 17.8 Å². The number of aryl methyl sites for hydroxylation is 1. The molecule has 1 N–H and O–H groups in total. The Hall–Kier alpha value is -2.12. The van der Waals surface area contributed by atoms with Crippen molar-refractivity contribution < 1.29 is 4.79 Å². The van der Waals surface area contributed by atoms with Crippen molar-refractivity contribution in [3.05, 3.63) is 52.0 Å². The predicted molar refractivity (Wildman–Crippen MR) is 98.6 cm³/mol. The molecule has 0 bridgehead atoms. The topological polar surface area (TPSA) is 72.7 Å². The van der Waals surface area contributed by atoms with E-state index in [1.54, 1.807) is 0 Å². The maximum absolute atomic E-state index is 12.7. The van der Waals surface area contributed by atoms with E-state index in [0.717, 1.165) is 46.2 Å². The first-order valence-corrected chi connectivity index (χ1v) is 9.10. The number of benzene rings is 1. The van der Waals surface area contributed by atoms with Crippen LogP contribution in [-0.4, -0.2) is 39.1 Å². The summed E-state index contributed by atoms with van der Waals surface area (Å²) in [5.74, 6) is -0.163. The van der Waals surface area contributed by atoms with Crippen LogP contribution in [0.1, 0.15) is 29.2 Å². The predicted octanol–water partition coefficient (Wildman–Crippen LogP) is 2.46. The second-order valence-electron chi connectivity index (χ2n) is 6.26. The van der Waals surface area contributed by atoms with Gasteiger partial charge in [0, 0.05) is 23.6 Å². The minimum absolute atomic E-state index is 0.177. The van der Waals surface area contributed by atoms with Gasteiger partial charge in [-0.25, -0.2) is 9.97 Å². The van der Waals surface area contributed by atoms with Gasteiger partial charge in [-0.3, -0.25) is 9.48 Å². The van der Waals surface area contributed by atoms with Gasteiger partial charge in [0.25, 0.3) is 0 Å². The molecule has 0 fully saturated rings. The van der Waals surface area contributed by atoms with Crippen LogP contribution in [0.4, 0.5) is 0 Å². The number of fused-ring (bicyclic) bond motifs is 2. The summed E-state index contributed by atoms with van der Waals surface area (Å²) in [5.41, 5.74) is 3.51. The zero-order valence-corrected chi connectivity index (χ0v) is 15.5. The summed E-state index contributed by atoms with van der Waals surface area (Å²) >= 11 is 3.51. The highest BCUT2D eigenvalue weighted by molar-refractivity contribution is 9.10. The second kappa shape index (κ2) is 6.65. The van der Waals surface area contributed by atoms with Gasteiger partial charge in [0.1, 0.15) is 6.33 Å². The molecule has 1 aromatic carbocycles. The Morgan fingerprint density at radius 3 is 3.08 bits per heavy atom. The molecule has 1 atom stereocenters. The van der Waals surface area contributed by atoms with Crippen LogP contribution in [0.5, 0.6) is 0 Å². The molecule has 3 aromatic rings. The van der Waals surface area contributed by atoms with Crippen molar-refractivity contribution in [1.29, 1.82) is 0 Å². The second-order valence-corrected chi connectivity index (χ2v) is 7.18. The van der Waals surface area contributed by atoms with E-state index in [0.29, 0.717) is 12.1 Å². The summed E-state index contributed by atoms with van der Waals surface area (Å²) < 4.78 is 2.86. The Morgan fingerprint density at radius 1 is 1.36 bits per heavy atom. The zero-order valence-electron chi connectivity index (χ0n) is 13.9. The lowest BCUT2D eigenvalue weighted by atomic mass is 9.95. The lowest BCUT2D eigenvalue weighted by molar-refractivity contribution is -0.118. The Balaban J connectivity index is 1.77. The smallest absolute Gasteiger partial charge is 0.184 e. The number of hydrogen-bond acceptors (Lipinski definition) is 5. The number of Topliss-reactive ketones (excluding diaryl/α,β-unsaturated/α-hetero) is 1. The maximum Gasteiger partial charge on any atom is 0.184 e. The highest BCUT2D eigenvalue weighted by Crippen LogP contribution is 2.38. The maximum atomic E-state index is 12.7. The molecule has 25 heavy (non-hydrogen) atoms. The molecule has 1 aliphatic carbocycles. The third kappa shape index (κ3) is 2.98. The summed E-state index contributed by atoms with van der Waals surface area (Å²) in [5, 5.41) is 8.52. The molecule has 0 spiro atoms. The quantitative estimate of drug-likeness (QED) is 0.667. The molecule has 6 nitrogen and oxygen atoms in total. The van der Waals surface area contributed by atoms with Gasteiger partial charge in [-0.15, -0.1) is 0 Å². The van der Waals surface area contributed by atoms with Crippen molar-refractivity contribution in [2.75, 3.05) is 13.6 Å². The van der Waals surface area contributed by atoms with Crippen LogP contribution in [0, 0.1) is 0 Å². The van der Waals surface area contributed by atoms with Crippen molar-refractivity contribution in [3.63, 3.8) is 0 Å². The first kappa shape index (κ1) is 16.4. The number of ketones is 1. The van der Waals surface area contributed by atoms with E-state index in [9.17, 15) is 4.79 Å². The van der Waals surface area contributed by atoms with Crippen molar-refractivity contribution >= 4 is 32.7 Å². The Kier molecular flexibility index (Phi) is 4.35. The number of carbonyl (C=O) groups excluding carboxylic acids is 1. The molecule has 1 aliphatic rings. The van der Waals surface area contributed by atoms with Crippen LogP contribution in [0.15, 0.2) is 35.2 Å². The van der Waals surface area contributed by atoms with Gasteiger partial charge >= 0.3 is 0 Å². The molecular formula is C18H18BrN5O. The average molecular weight is 400 g/mol. The molecule has 2 heterocycles. The molecule has 4 rings (SSSR count). The molecule has 0 saturated carbocycles. The number of halogens is 1. The van der Waals surface area contributed by atoms with E-state index in [2.05, 4.69) is 36.3 Å². The summed E-state index contributed by atoms with van der Waals surface area (Å²) in [7, 11) is 1.93. The molecule has 0 aliphatic heterocycles. The number of carbonyl (C=O) groups is 1. The Labute approximate surface area is 153 Å². The SMILES string of the molecule is CNCCCn1cc2c(C3C(=O)Cc4ccc(Br)cc43)ncnc2n1.